The Hall–Kier alpha value is -3.15. The van der Waals surface area contributed by atoms with Crippen molar-refractivity contribution in [3.8, 4) is 11.1 Å². The average molecular weight is 408 g/mol. The molecule has 0 bridgehead atoms. The van der Waals surface area contributed by atoms with Gasteiger partial charge in [0.15, 0.2) is 0 Å². The first-order valence-corrected chi connectivity index (χ1v) is 10.4. The van der Waals surface area contributed by atoms with E-state index in [2.05, 4.69) is 30.6 Å². The van der Waals surface area contributed by atoms with Crippen molar-refractivity contribution in [2.45, 2.75) is 47.0 Å². The van der Waals surface area contributed by atoms with E-state index in [1.54, 1.807) is 6.20 Å². The quantitative estimate of drug-likeness (QED) is 0.378. The molecule has 0 N–H and O–H groups in total. The highest BCUT2D eigenvalue weighted by molar-refractivity contribution is 5.85. The first-order chi connectivity index (χ1) is 14.5. The lowest BCUT2D eigenvalue weighted by Crippen LogP contribution is -2.10. The molecule has 30 heavy (non-hydrogen) atoms. The summed E-state index contributed by atoms with van der Waals surface area (Å²) in [5.74, 6) is 0.385. The predicted octanol–water partition coefficient (Wildman–Crippen LogP) is 4.77. The molecule has 3 heterocycles. The molecule has 0 spiro atoms. The fraction of sp³-hybridized carbons (Fsp3) is 0.375. The van der Waals surface area contributed by atoms with Gasteiger partial charge in [-0.3, -0.25) is 9.78 Å². The maximum atomic E-state index is 12.0. The Balaban J connectivity index is 2.16. The van der Waals surface area contributed by atoms with Crippen LogP contribution >= 0.6 is 0 Å². The molecule has 0 atom stereocenters. The van der Waals surface area contributed by atoms with Crippen molar-refractivity contribution in [1.82, 2.24) is 14.6 Å². The Morgan fingerprint density at radius 1 is 1.13 bits per heavy atom. The minimum atomic E-state index is -0.205. The summed E-state index contributed by atoms with van der Waals surface area (Å²) in [6.45, 7) is 12.8. The van der Waals surface area contributed by atoms with Gasteiger partial charge in [0.25, 0.3) is 0 Å². The topological polar surface area (TPSA) is 65.7 Å². The van der Waals surface area contributed by atoms with Crippen LogP contribution in [0.25, 0.3) is 22.4 Å². The maximum Gasteiger partial charge on any atom is 0.306 e. The predicted molar refractivity (Wildman–Crippen MR) is 118 cm³/mol. The number of nitrogens with zero attached hydrogens (tertiary/aromatic N) is 3. The van der Waals surface area contributed by atoms with E-state index in [4.69, 9.17) is 14.6 Å². The lowest BCUT2D eigenvalue weighted by atomic mass is 9.95. The van der Waals surface area contributed by atoms with Gasteiger partial charge in [-0.15, -0.1) is 0 Å². The Bertz CT molecular complexity index is 1070. The minimum absolute atomic E-state index is 0.205. The molecule has 0 saturated carbocycles. The lowest BCUT2D eigenvalue weighted by Gasteiger charge is -2.16. The SMILES string of the molecule is C=C(OCC)c1cncc(-c2c(CCC(=O)OCC)c(C)nn3c(CC)ccc23)c1. The molecule has 3 rings (SSSR count). The van der Waals surface area contributed by atoms with E-state index >= 15 is 0 Å². The van der Waals surface area contributed by atoms with Crippen LogP contribution in [0.1, 0.15) is 49.7 Å². The molecule has 3 aromatic heterocycles. The van der Waals surface area contributed by atoms with Crippen molar-refractivity contribution >= 4 is 17.2 Å². The zero-order chi connectivity index (χ0) is 21.7. The summed E-state index contributed by atoms with van der Waals surface area (Å²) in [7, 11) is 0. The van der Waals surface area contributed by atoms with E-state index in [9.17, 15) is 4.79 Å². The number of hydrogen-bond acceptors (Lipinski definition) is 5. The second-order valence-corrected chi connectivity index (χ2v) is 7.04. The molecule has 0 unspecified atom stereocenters. The van der Waals surface area contributed by atoms with Crippen molar-refractivity contribution in [1.29, 1.82) is 0 Å². The number of carbonyl (C=O) groups excluding carboxylic acids is 1. The standard InChI is InChI=1S/C24H29N3O3/c1-6-20-9-11-22-24(19-13-18(14-25-15-19)17(5)29-7-2)21(16(4)26-27(20)22)10-12-23(28)30-8-3/h9,11,13-15H,5-8,10,12H2,1-4H3. The van der Waals surface area contributed by atoms with Gasteiger partial charge in [0, 0.05) is 41.2 Å². The molecule has 0 amide bonds. The van der Waals surface area contributed by atoms with E-state index in [1.165, 1.54) is 0 Å². The fourth-order valence-corrected chi connectivity index (χ4v) is 3.67. The van der Waals surface area contributed by atoms with E-state index in [1.807, 2.05) is 37.5 Å². The molecule has 158 valence electrons. The third-order valence-corrected chi connectivity index (χ3v) is 5.09. The molecule has 0 aromatic carbocycles. The van der Waals surface area contributed by atoms with Gasteiger partial charge in [-0.05, 0) is 57.4 Å². The van der Waals surface area contributed by atoms with Crippen molar-refractivity contribution in [2.75, 3.05) is 13.2 Å². The smallest absolute Gasteiger partial charge is 0.306 e. The largest absolute Gasteiger partial charge is 0.494 e. The number of ether oxygens (including phenoxy) is 2. The van der Waals surface area contributed by atoms with Crippen molar-refractivity contribution in [3.05, 3.63) is 59.7 Å². The van der Waals surface area contributed by atoms with Crippen LogP contribution in [0.4, 0.5) is 0 Å². The Morgan fingerprint density at radius 2 is 1.90 bits per heavy atom. The zero-order valence-electron chi connectivity index (χ0n) is 18.2. The van der Waals surface area contributed by atoms with Crippen LogP contribution in [0.2, 0.25) is 0 Å². The van der Waals surface area contributed by atoms with E-state index in [0.717, 1.165) is 45.6 Å². The van der Waals surface area contributed by atoms with Crippen LogP contribution < -0.4 is 0 Å². The monoisotopic (exact) mass is 407 g/mol. The molecular weight excluding hydrogens is 378 g/mol. The summed E-state index contributed by atoms with van der Waals surface area (Å²) in [4.78, 5) is 16.4. The highest BCUT2D eigenvalue weighted by Crippen LogP contribution is 2.33. The number of aryl methyl sites for hydroxylation is 2. The molecule has 0 radical (unpaired) electrons. The molecule has 6 nitrogen and oxygen atoms in total. The number of hydrogen-bond donors (Lipinski definition) is 0. The summed E-state index contributed by atoms with van der Waals surface area (Å²) in [5, 5.41) is 4.81. The first kappa shape index (κ1) is 21.6. The summed E-state index contributed by atoms with van der Waals surface area (Å²) >= 11 is 0. The Kier molecular flexibility index (Phi) is 6.87. The summed E-state index contributed by atoms with van der Waals surface area (Å²) in [6, 6.07) is 6.21. The van der Waals surface area contributed by atoms with Crippen LogP contribution in [0, 0.1) is 6.92 Å². The number of rotatable bonds is 9. The van der Waals surface area contributed by atoms with Gasteiger partial charge < -0.3 is 9.47 Å². The number of pyridine rings is 1. The number of fused-ring (bicyclic) bond motifs is 1. The lowest BCUT2D eigenvalue weighted by molar-refractivity contribution is -0.143. The Labute approximate surface area is 177 Å². The maximum absolute atomic E-state index is 12.0. The zero-order valence-corrected chi connectivity index (χ0v) is 18.2. The number of esters is 1. The van der Waals surface area contributed by atoms with E-state index < -0.39 is 0 Å². The normalized spacial score (nSPS) is 10.9. The molecule has 0 saturated heterocycles. The van der Waals surface area contributed by atoms with Crippen LogP contribution in [-0.4, -0.2) is 33.8 Å². The van der Waals surface area contributed by atoms with Gasteiger partial charge in [0.05, 0.1) is 24.4 Å². The van der Waals surface area contributed by atoms with E-state index in [-0.39, 0.29) is 5.97 Å². The summed E-state index contributed by atoms with van der Waals surface area (Å²) < 4.78 is 12.7. The molecule has 0 aliphatic rings. The molecule has 0 fully saturated rings. The van der Waals surface area contributed by atoms with Crippen LogP contribution in [0.15, 0.2) is 37.2 Å². The van der Waals surface area contributed by atoms with Crippen molar-refractivity contribution in [3.63, 3.8) is 0 Å². The van der Waals surface area contributed by atoms with Crippen LogP contribution in [-0.2, 0) is 27.1 Å². The van der Waals surface area contributed by atoms with Gasteiger partial charge in [-0.1, -0.05) is 13.5 Å². The molecular formula is C24H29N3O3. The minimum Gasteiger partial charge on any atom is -0.494 e. The van der Waals surface area contributed by atoms with Crippen LogP contribution in [0.5, 0.6) is 0 Å². The van der Waals surface area contributed by atoms with Gasteiger partial charge in [-0.25, -0.2) is 4.52 Å². The molecule has 3 aromatic rings. The van der Waals surface area contributed by atoms with Gasteiger partial charge in [-0.2, -0.15) is 5.10 Å². The molecule has 0 aliphatic carbocycles. The average Bonchev–Trinajstić information content (AvgIpc) is 3.14. The van der Waals surface area contributed by atoms with Gasteiger partial charge in [0.1, 0.15) is 5.76 Å². The molecule has 6 heteroatoms. The Morgan fingerprint density at radius 3 is 2.60 bits per heavy atom. The first-order valence-electron chi connectivity index (χ1n) is 10.4. The summed E-state index contributed by atoms with van der Waals surface area (Å²) in [5.41, 5.74) is 6.86. The summed E-state index contributed by atoms with van der Waals surface area (Å²) in [6.07, 6.45) is 5.32. The second-order valence-electron chi connectivity index (χ2n) is 7.04. The van der Waals surface area contributed by atoms with Gasteiger partial charge >= 0.3 is 5.97 Å². The number of carbonyl (C=O) groups is 1. The third kappa shape index (κ3) is 4.37. The van der Waals surface area contributed by atoms with E-state index in [0.29, 0.717) is 31.8 Å². The van der Waals surface area contributed by atoms with Crippen LogP contribution in [0.3, 0.4) is 0 Å². The van der Waals surface area contributed by atoms with Gasteiger partial charge in [0.2, 0.25) is 0 Å². The number of aromatic nitrogens is 3. The van der Waals surface area contributed by atoms with Crippen molar-refractivity contribution < 1.29 is 14.3 Å². The fourth-order valence-electron chi connectivity index (χ4n) is 3.67. The highest BCUT2D eigenvalue weighted by atomic mass is 16.5. The van der Waals surface area contributed by atoms with Crippen molar-refractivity contribution in [2.24, 2.45) is 0 Å². The third-order valence-electron chi connectivity index (χ3n) is 5.09. The second kappa shape index (κ2) is 9.57. The highest BCUT2D eigenvalue weighted by Gasteiger charge is 2.19. The molecule has 0 aliphatic heterocycles.